The van der Waals surface area contributed by atoms with Gasteiger partial charge in [-0.15, -0.1) is 0 Å². The van der Waals surface area contributed by atoms with Gasteiger partial charge in [-0.2, -0.15) is 0 Å². The van der Waals surface area contributed by atoms with E-state index >= 15 is 0 Å². The Bertz CT molecular complexity index is 1080. The Balaban J connectivity index is 1.44. The van der Waals surface area contributed by atoms with Crippen molar-refractivity contribution in [3.05, 3.63) is 34.7 Å². The number of benzene rings is 1. The summed E-state index contributed by atoms with van der Waals surface area (Å²) in [4.78, 5) is 41.6. The SMILES string of the molecule is CC(=O)N(C)C[C@H](O)CN1[C@@H]2CC[C@H]1CC(NC(=O)n1c(=O)n(C(C)C)c3ccccc31)C2. The molecule has 3 heterocycles. The molecule has 2 N–H and O–H groups in total. The first-order chi connectivity index (χ1) is 15.7. The molecule has 33 heavy (non-hydrogen) atoms. The van der Waals surface area contributed by atoms with Crippen molar-refractivity contribution in [2.24, 2.45) is 0 Å². The van der Waals surface area contributed by atoms with Gasteiger partial charge in [0, 0.05) is 51.2 Å². The van der Waals surface area contributed by atoms with Crippen LogP contribution < -0.4 is 11.0 Å². The summed E-state index contributed by atoms with van der Waals surface area (Å²) in [5.74, 6) is -0.0625. The van der Waals surface area contributed by atoms with Crippen molar-refractivity contribution in [2.45, 2.75) is 76.7 Å². The number of imidazole rings is 1. The van der Waals surface area contributed by atoms with E-state index in [1.165, 1.54) is 16.4 Å². The summed E-state index contributed by atoms with van der Waals surface area (Å²) in [6.45, 7) is 6.20. The number of amides is 2. The Hall–Kier alpha value is -2.65. The molecule has 9 heteroatoms. The first-order valence-electron chi connectivity index (χ1n) is 11.9. The molecule has 1 aromatic heterocycles. The van der Waals surface area contributed by atoms with Gasteiger partial charge in [-0.1, -0.05) is 12.1 Å². The molecule has 0 spiro atoms. The smallest absolute Gasteiger partial charge is 0.337 e. The van der Waals surface area contributed by atoms with E-state index in [-0.39, 0.29) is 41.8 Å². The van der Waals surface area contributed by atoms with E-state index in [1.807, 2.05) is 32.0 Å². The number of nitrogens with one attached hydrogen (secondary N) is 1. The van der Waals surface area contributed by atoms with Gasteiger partial charge in [0.15, 0.2) is 0 Å². The molecule has 180 valence electrons. The number of piperidine rings is 1. The van der Waals surface area contributed by atoms with Crippen LogP contribution in [-0.4, -0.2) is 80.3 Å². The number of aliphatic hydroxyl groups excluding tert-OH is 1. The van der Waals surface area contributed by atoms with E-state index < -0.39 is 6.10 Å². The van der Waals surface area contributed by atoms with Crippen molar-refractivity contribution in [3.8, 4) is 0 Å². The van der Waals surface area contributed by atoms with E-state index in [1.54, 1.807) is 17.7 Å². The monoisotopic (exact) mass is 457 g/mol. The predicted octanol–water partition coefficient (Wildman–Crippen LogP) is 1.78. The van der Waals surface area contributed by atoms with Gasteiger partial charge in [0.1, 0.15) is 0 Å². The molecule has 2 aromatic rings. The van der Waals surface area contributed by atoms with E-state index in [0.29, 0.717) is 18.6 Å². The van der Waals surface area contributed by atoms with Crippen LogP contribution in [0.4, 0.5) is 4.79 Å². The van der Waals surface area contributed by atoms with Crippen molar-refractivity contribution in [3.63, 3.8) is 0 Å². The van der Waals surface area contributed by atoms with Crippen molar-refractivity contribution >= 4 is 23.0 Å². The number of aromatic nitrogens is 2. The maximum absolute atomic E-state index is 13.2. The third-order valence-corrected chi connectivity index (χ3v) is 7.15. The number of nitrogens with zero attached hydrogens (tertiary/aromatic N) is 4. The summed E-state index contributed by atoms with van der Waals surface area (Å²) in [7, 11) is 1.69. The number of rotatable bonds is 6. The fraction of sp³-hybridized carbons (Fsp3) is 0.625. The van der Waals surface area contributed by atoms with Crippen LogP contribution in [0, 0.1) is 0 Å². The van der Waals surface area contributed by atoms with Crippen LogP contribution >= 0.6 is 0 Å². The number of carbonyl (C=O) groups is 2. The summed E-state index contributed by atoms with van der Waals surface area (Å²) in [6.07, 6.45) is 3.02. The van der Waals surface area contributed by atoms with Gasteiger partial charge in [-0.25, -0.2) is 14.2 Å². The number of hydrogen-bond donors (Lipinski definition) is 2. The second-order valence-corrected chi connectivity index (χ2v) is 9.82. The molecule has 2 aliphatic heterocycles. The standard InChI is InChI=1S/C24H35N5O4/c1-15(2)28-21-7-5-6-8-22(21)29(24(28)33)23(32)25-17-11-18-9-10-19(12-17)27(18)14-20(31)13-26(4)16(3)30/h5-8,15,17-20,31H,9-14H2,1-4H3,(H,25,32)/t17?,18-,19+,20-/m0/s1. The molecule has 2 aliphatic rings. The van der Waals surface area contributed by atoms with Gasteiger partial charge in [0.05, 0.1) is 17.1 Å². The lowest BCUT2D eigenvalue weighted by Crippen LogP contribution is -2.54. The lowest BCUT2D eigenvalue weighted by molar-refractivity contribution is -0.129. The fourth-order valence-electron chi connectivity index (χ4n) is 5.54. The second-order valence-electron chi connectivity index (χ2n) is 9.82. The molecule has 2 fully saturated rings. The first-order valence-corrected chi connectivity index (χ1v) is 11.9. The number of aliphatic hydroxyl groups is 1. The minimum atomic E-state index is -0.603. The van der Waals surface area contributed by atoms with Crippen molar-refractivity contribution in [1.82, 2.24) is 24.3 Å². The molecule has 0 radical (unpaired) electrons. The Morgan fingerprint density at radius 1 is 1.15 bits per heavy atom. The minimum absolute atomic E-state index is 0.0173. The number of carbonyl (C=O) groups excluding carboxylic acids is 2. The normalized spacial score (nSPS) is 23.8. The quantitative estimate of drug-likeness (QED) is 0.689. The lowest BCUT2D eigenvalue weighted by atomic mass is 9.97. The van der Waals surface area contributed by atoms with Gasteiger partial charge in [-0.05, 0) is 51.7 Å². The molecular formula is C24H35N5O4. The Morgan fingerprint density at radius 3 is 2.33 bits per heavy atom. The Morgan fingerprint density at radius 2 is 1.76 bits per heavy atom. The number of fused-ring (bicyclic) bond motifs is 3. The summed E-state index contributed by atoms with van der Waals surface area (Å²) >= 11 is 0. The van der Waals surface area contributed by atoms with E-state index in [0.717, 1.165) is 31.2 Å². The average molecular weight is 458 g/mol. The predicted molar refractivity (Wildman–Crippen MR) is 126 cm³/mol. The van der Waals surface area contributed by atoms with Gasteiger partial charge in [0.2, 0.25) is 5.91 Å². The minimum Gasteiger partial charge on any atom is -0.390 e. The van der Waals surface area contributed by atoms with Gasteiger partial charge < -0.3 is 15.3 Å². The third-order valence-electron chi connectivity index (χ3n) is 7.15. The van der Waals surface area contributed by atoms with Crippen LogP contribution in [0.15, 0.2) is 29.1 Å². The van der Waals surface area contributed by atoms with Crippen LogP contribution in [-0.2, 0) is 4.79 Å². The Kier molecular flexibility index (Phi) is 6.63. The summed E-state index contributed by atoms with van der Waals surface area (Å²) < 4.78 is 2.91. The van der Waals surface area contributed by atoms with Crippen LogP contribution in [0.25, 0.3) is 11.0 Å². The highest BCUT2D eigenvalue weighted by atomic mass is 16.3. The third kappa shape index (κ3) is 4.56. The van der Waals surface area contributed by atoms with E-state index in [2.05, 4.69) is 10.2 Å². The number of para-hydroxylation sites is 2. The summed E-state index contributed by atoms with van der Waals surface area (Å²) in [5.41, 5.74) is 1.06. The zero-order valence-corrected chi connectivity index (χ0v) is 19.9. The molecule has 0 saturated carbocycles. The Labute approximate surface area is 194 Å². The van der Waals surface area contributed by atoms with Crippen LogP contribution in [0.3, 0.4) is 0 Å². The molecule has 4 atom stereocenters. The molecule has 9 nitrogen and oxygen atoms in total. The highest BCUT2D eigenvalue weighted by molar-refractivity contribution is 5.89. The molecule has 4 rings (SSSR count). The zero-order valence-electron chi connectivity index (χ0n) is 19.9. The zero-order chi connectivity index (χ0) is 23.9. The van der Waals surface area contributed by atoms with Crippen LogP contribution in [0.2, 0.25) is 0 Å². The van der Waals surface area contributed by atoms with Crippen LogP contribution in [0.5, 0.6) is 0 Å². The molecule has 0 aliphatic carbocycles. The molecule has 2 amide bonds. The highest BCUT2D eigenvalue weighted by Crippen LogP contribution is 2.36. The molecule has 2 bridgehead atoms. The van der Waals surface area contributed by atoms with Crippen molar-refractivity contribution in [2.75, 3.05) is 20.1 Å². The van der Waals surface area contributed by atoms with Gasteiger partial charge in [0.25, 0.3) is 0 Å². The highest BCUT2D eigenvalue weighted by Gasteiger charge is 2.42. The average Bonchev–Trinajstić information content (AvgIpc) is 3.16. The molecule has 1 unspecified atom stereocenters. The second kappa shape index (κ2) is 9.30. The summed E-state index contributed by atoms with van der Waals surface area (Å²) in [5, 5.41) is 13.6. The van der Waals surface area contributed by atoms with Crippen molar-refractivity contribution in [1.29, 1.82) is 0 Å². The largest absolute Gasteiger partial charge is 0.390 e. The maximum Gasteiger partial charge on any atom is 0.337 e. The number of likely N-dealkylation sites (N-methyl/N-ethyl adjacent to an activating group) is 1. The number of hydrogen-bond acceptors (Lipinski definition) is 5. The van der Waals surface area contributed by atoms with Crippen molar-refractivity contribution < 1.29 is 14.7 Å². The molecule has 1 aromatic carbocycles. The summed E-state index contributed by atoms with van der Waals surface area (Å²) in [6, 6.07) is 7.49. The maximum atomic E-state index is 13.2. The van der Waals surface area contributed by atoms with Gasteiger partial charge in [-0.3, -0.25) is 14.3 Å². The topological polar surface area (TPSA) is 99.8 Å². The van der Waals surface area contributed by atoms with Gasteiger partial charge >= 0.3 is 11.7 Å². The van der Waals surface area contributed by atoms with Crippen LogP contribution in [0.1, 0.15) is 52.5 Å². The molecule has 2 saturated heterocycles. The van der Waals surface area contributed by atoms with E-state index in [4.69, 9.17) is 0 Å². The fourth-order valence-corrected chi connectivity index (χ4v) is 5.54. The first kappa shape index (κ1) is 23.5. The lowest BCUT2D eigenvalue weighted by Gasteiger charge is -2.40. The van der Waals surface area contributed by atoms with E-state index in [9.17, 15) is 19.5 Å². The molecular weight excluding hydrogens is 422 g/mol.